The molecule has 2 fully saturated rings. The first-order chi connectivity index (χ1) is 6.58. The highest BCUT2D eigenvalue weighted by molar-refractivity contribution is 5.85. The van der Waals surface area contributed by atoms with Crippen LogP contribution in [0.25, 0.3) is 0 Å². The predicted octanol–water partition coefficient (Wildman–Crippen LogP) is 0.457. The number of Topliss-reactive ketones (excluding diaryl/α,β-unsaturated/α-hetero) is 1. The van der Waals surface area contributed by atoms with Gasteiger partial charge in [-0.3, -0.25) is 9.69 Å². The van der Waals surface area contributed by atoms with Crippen molar-refractivity contribution in [1.82, 2.24) is 9.80 Å². The Morgan fingerprint density at radius 1 is 1.14 bits per heavy atom. The van der Waals surface area contributed by atoms with Crippen LogP contribution < -0.4 is 0 Å². The lowest BCUT2D eigenvalue weighted by Crippen LogP contribution is -2.58. The summed E-state index contributed by atoms with van der Waals surface area (Å²) < 4.78 is 0. The summed E-state index contributed by atoms with van der Waals surface area (Å²) in [5, 5.41) is 0. The van der Waals surface area contributed by atoms with Gasteiger partial charge in [-0.1, -0.05) is 0 Å². The molecule has 0 amide bonds. The fourth-order valence-electron chi connectivity index (χ4n) is 2.70. The lowest BCUT2D eigenvalue weighted by atomic mass is 9.83. The molecule has 0 radical (unpaired) electrons. The van der Waals surface area contributed by atoms with E-state index in [1.54, 1.807) is 0 Å². The first-order valence-electron chi connectivity index (χ1n) is 5.54. The second-order valence-corrected chi connectivity index (χ2v) is 5.07. The molecule has 2 aliphatic rings. The number of carbonyl (C=O) groups is 1. The number of piperidine rings is 2. The molecule has 3 nitrogen and oxygen atoms in total. The van der Waals surface area contributed by atoms with Crippen LogP contribution in [0.15, 0.2) is 0 Å². The molecule has 2 heterocycles. The number of hydrogen-bond acceptors (Lipinski definition) is 3. The molecule has 2 aliphatic heterocycles. The molecule has 80 valence electrons. The van der Waals surface area contributed by atoms with E-state index >= 15 is 0 Å². The number of nitrogens with zero attached hydrogens (tertiary/aromatic N) is 2. The Bertz CT molecular complexity index is 221. The van der Waals surface area contributed by atoms with E-state index in [2.05, 4.69) is 30.7 Å². The highest BCUT2D eigenvalue weighted by Crippen LogP contribution is 2.25. The highest BCUT2D eigenvalue weighted by atomic mass is 16.1. The normalized spacial score (nSPS) is 35.3. The smallest absolute Gasteiger partial charge is 0.144 e. The average molecular weight is 196 g/mol. The van der Waals surface area contributed by atoms with Crippen molar-refractivity contribution >= 4 is 5.78 Å². The number of likely N-dealkylation sites (tertiary alicyclic amines) is 2. The van der Waals surface area contributed by atoms with E-state index in [4.69, 9.17) is 0 Å². The summed E-state index contributed by atoms with van der Waals surface area (Å²) in [6, 6.07) is 0.580. The average Bonchev–Trinajstić information content (AvgIpc) is 2.06. The molecular formula is C11H20N2O. The zero-order chi connectivity index (χ0) is 10.3. The maximum Gasteiger partial charge on any atom is 0.144 e. The fraction of sp³-hybridized carbons (Fsp3) is 0.909. The fourth-order valence-corrected chi connectivity index (χ4v) is 2.70. The monoisotopic (exact) mass is 196 g/mol. The van der Waals surface area contributed by atoms with Gasteiger partial charge in [0.1, 0.15) is 5.78 Å². The third-order valence-electron chi connectivity index (χ3n) is 3.51. The number of rotatable bonds is 1. The summed E-state index contributed by atoms with van der Waals surface area (Å²) in [5.41, 5.74) is 0. The van der Waals surface area contributed by atoms with Crippen molar-refractivity contribution < 1.29 is 4.79 Å². The summed E-state index contributed by atoms with van der Waals surface area (Å²) in [4.78, 5) is 16.6. The van der Waals surface area contributed by atoms with Gasteiger partial charge in [0.15, 0.2) is 0 Å². The third kappa shape index (κ3) is 1.71. The van der Waals surface area contributed by atoms with Crippen LogP contribution >= 0.6 is 0 Å². The van der Waals surface area contributed by atoms with Crippen molar-refractivity contribution in [3.05, 3.63) is 0 Å². The Labute approximate surface area is 86.1 Å². The standard InChI is InChI=1S/C11H20N2O/c1-8(2)13-6-9-4-12(3)5-10(7-13)11(9)14/h8-10H,4-7H2,1-3H3. The Kier molecular flexibility index (Phi) is 2.62. The molecule has 0 aromatic heterocycles. The molecule has 0 aromatic carbocycles. The number of hydrogen-bond donors (Lipinski definition) is 0. The molecule has 0 aliphatic carbocycles. The summed E-state index contributed by atoms with van der Waals surface area (Å²) in [7, 11) is 2.12. The number of ketones is 1. The Morgan fingerprint density at radius 3 is 2.07 bits per heavy atom. The van der Waals surface area contributed by atoms with Crippen molar-refractivity contribution in [2.45, 2.75) is 19.9 Å². The van der Waals surface area contributed by atoms with E-state index in [9.17, 15) is 4.79 Å². The van der Waals surface area contributed by atoms with Crippen LogP contribution in [0.3, 0.4) is 0 Å². The van der Waals surface area contributed by atoms with Gasteiger partial charge in [-0.05, 0) is 20.9 Å². The quantitative estimate of drug-likeness (QED) is 0.608. The minimum atomic E-state index is 0.273. The van der Waals surface area contributed by atoms with Gasteiger partial charge in [-0.2, -0.15) is 0 Å². The second-order valence-electron chi connectivity index (χ2n) is 5.07. The largest absolute Gasteiger partial charge is 0.305 e. The van der Waals surface area contributed by atoms with Gasteiger partial charge in [-0.15, -0.1) is 0 Å². The van der Waals surface area contributed by atoms with Gasteiger partial charge in [0, 0.05) is 44.1 Å². The third-order valence-corrected chi connectivity index (χ3v) is 3.51. The van der Waals surface area contributed by atoms with Crippen molar-refractivity contribution in [3.8, 4) is 0 Å². The number of carbonyl (C=O) groups excluding carboxylic acids is 1. The van der Waals surface area contributed by atoms with Crippen LogP contribution in [0.2, 0.25) is 0 Å². The van der Waals surface area contributed by atoms with Crippen LogP contribution in [0.4, 0.5) is 0 Å². The Hall–Kier alpha value is -0.410. The zero-order valence-corrected chi connectivity index (χ0v) is 9.36. The molecule has 14 heavy (non-hydrogen) atoms. The number of fused-ring (bicyclic) bond motifs is 2. The van der Waals surface area contributed by atoms with Gasteiger partial charge in [-0.25, -0.2) is 0 Å². The summed E-state index contributed by atoms with van der Waals surface area (Å²) in [5.74, 6) is 1.06. The van der Waals surface area contributed by atoms with Crippen molar-refractivity contribution in [2.24, 2.45) is 11.8 Å². The Balaban J connectivity index is 2.09. The lowest BCUT2D eigenvalue weighted by Gasteiger charge is -2.44. The molecule has 0 spiro atoms. The molecule has 3 heteroatoms. The van der Waals surface area contributed by atoms with Crippen LogP contribution in [0.1, 0.15) is 13.8 Å². The van der Waals surface area contributed by atoms with E-state index in [0.29, 0.717) is 11.8 Å². The molecule has 0 N–H and O–H groups in total. The van der Waals surface area contributed by atoms with E-state index in [-0.39, 0.29) is 11.8 Å². The predicted molar refractivity (Wildman–Crippen MR) is 56.2 cm³/mol. The molecule has 2 unspecified atom stereocenters. The van der Waals surface area contributed by atoms with Crippen LogP contribution in [-0.4, -0.2) is 54.9 Å². The molecule has 2 saturated heterocycles. The second kappa shape index (κ2) is 3.63. The van der Waals surface area contributed by atoms with Crippen molar-refractivity contribution in [2.75, 3.05) is 33.2 Å². The van der Waals surface area contributed by atoms with E-state index in [1.807, 2.05) is 0 Å². The van der Waals surface area contributed by atoms with Crippen LogP contribution in [0.5, 0.6) is 0 Å². The maximum atomic E-state index is 11.9. The van der Waals surface area contributed by atoms with Gasteiger partial charge >= 0.3 is 0 Å². The molecule has 2 atom stereocenters. The topological polar surface area (TPSA) is 23.6 Å². The molecule has 2 bridgehead atoms. The van der Waals surface area contributed by atoms with Gasteiger partial charge in [0.25, 0.3) is 0 Å². The first kappa shape index (κ1) is 10.1. The van der Waals surface area contributed by atoms with Gasteiger partial charge in [0.05, 0.1) is 0 Å². The summed E-state index contributed by atoms with van der Waals surface area (Å²) >= 11 is 0. The summed E-state index contributed by atoms with van der Waals surface area (Å²) in [6.07, 6.45) is 0. The van der Waals surface area contributed by atoms with E-state index < -0.39 is 0 Å². The highest BCUT2D eigenvalue weighted by Gasteiger charge is 2.40. The maximum absolute atomic E-state index is 11.9. The van der Waals surface area contributed by atoms with Crippen LogP contribution in [-0.2, 0) is 4.79 Å². The molecule has 0 saturated carbocycles. The van der Waals surface area contributed by atoms with E-state index in [1.165, 1.54) is 0 Å². The minimum absolute atomic E-state index is 0.273. The first-order valence-corrected chi connectivity index (χ1v) is 5.54. The van der Waals surface area contributed by atoms with Gasteiger partial charge in [0.2, 0.25) is 0 Å². The zero-order valence-electron chi connectivity index (χ0n) is 9.36. The van der Waals surface area contributed by atoms with Crippen molar-refractivity contribution in [3.63, 3.8) is 0 Å². The minimum Gasteiger partial charge on any atom is -0.305 e. The molecular weight excluding hydrogens is 176 g/mol. The summed E-state index contributed by atoms with van der Waals surface area (Å²) in [6.45, 7) is 8.29. The van der Waals surface area contributed by atoms with Crippen LogP contribution in [0, 0.1) is 11.8 Å². The Morgan fingerprint density at radius 2 is 1.64 bits per heavy atom. The van der Waals surface area contributed by atoms with Gasteiger partial charge < -0.3 is 4.90 Å². The SMILES string of the molecule is CC(C)N1CC2CN(C)CC(C1)C2=O. The van der Waals surface area contributed by atoms with E-state index in [0.717, 1.165) is 26.2 Å². The molecule has 2 rings (SSSR count). The molecule has 0 aromatic rings. The lowest BCUT2D eigenvalue weighted by molar-refractivity contribution is -0.137. The van der Waals surface area contributed by atoms with Crippen molar-refractivity contribution in [1.29, 1.82) is 0 Å².